The van der Waals surface area contributed by atoms with Crippen LogP contribution in [0.5, 0.6) is 0 Å². The van der Waals surface area contributed by atoms with Gasteiger partial charge in [0.1, 0.15) is 0 Å². The molecule has 2 heterocycles. The van der Waals surface area contributed by atoms with Gasteiger partial charge in [0.2, 0.25) is 0 Å². The van der Waals surface area contributed by atoms with Crippen LogP contribution in [0.25, 0.3) is 0 Å². The third-order valence-electron chi connectivity index (χ3n) is 2.95. The lowest BCUT2D eigenvalue weighted by molar-refractivity contribution is -0.0618. The molecule has 7 heteroatoms. The van der Waals surface area contributed by atoms with Crippen LogP contribution >= 0.6 is 0 Å². The van der Waals surface area contributed by atoms with Crippen LogP contribution < -0.4 is 5.32 Å². The van der Waals surface area contributed by atoms with E-state index in [0.29, 0.717) is 44.9 Å². The molecule has 1 aromatic rings. The predicted molar refractivity (Wildman–Crippen MR) is 60.2 cm³/mol. The van der Waals surface area contributed by atoms with E-state index >= 15 is 0 Å². The monoisotopic (exact) mass is 256 g/mol. The maximum atomic E-state index is 10.6. The van der Waals surface area contributed by atoms with Crippen molar-refractivity contribution in [2.75, 3.05) is 19.8 Å². The lowest BCUT2D eigenvalue weighted by atomic mass is 9.94. The molecular formula is C11H16N2O5. The van der Waals surface area contributed by atoms with Gasteiger partial charge < -0.3 is 24.8 Å². The van der Waals surface area contributed by atoms with Gasteiger partial charge in [-0.05, 0) is 0 Å². The molecule has 2 rings (SSSR count). The van der Waals surface area contributed by atoms with E-state index in [-0.39, 0.29) is 5.69 Å². The molecule has 0 aliphatic carbocycles. The molecule has 0 atom stereocenters. The highest BCUT2D eigenvalue weighted by Crippen LogP contribution is 2.19. The quantitative estimate of drug-likeness (QED) is 0.681. The van der Waals surface area contributed by atoms with Crippen molar-refractivity contribution in [3.8, 4) is 0 Å². The van der Waals surface area contributed by atoms with Crippen LogP contribution in [-0.4, -0.2) is 46.7 Å². The number of carbonyl (C=O) groups is 1. The first-order valence-corrected chi connectivity index (χ1v) is 5.79. The van der Waals surface area contributed by atoms with Gasteiger partial charge in [-0.2, -0.15) is 0 Å². The molecule has 7 nitrogen and oxygen atoms in total. The first kappa shape index (κ1) is 13.0. The van der Waals surface area contributed by atoms with Crippen LogP contribution in [0.15, 0.2) is 10.6 Å². The summed E-state index contributed by atoms with van der Waals surface area (Å²) in [5, 5.41) is 25.3. The molecule has 0 spiro atoms. The van der Waals surface area contributed by atoms with E-state index in [1.54, 1.807) is 0 Å². The Labute approximate surface area is 104 Å². The van der Waals surface area contributed by atoms with Crippen molar-refractivity contribution in [2.24, 2.45) is 0 Å². The zero-order chi connectivity index (χ0) is 13.0. The van der Waals surface area contributed by atoms with E-state index in [4.69, 9.17) is 14.4 Å². The van der Waals surface area contributed by atoms with Gasteiger partial charge in [0.25, 0.3) is 0 Å². The molecule has 1 aliphatic heterocycles. The molecule has 1 aliphatic rings. The van der Waals surface area contributed by atoms with E-state index in [2.05, 4.69) is 10.5 Å². The van der Waals surface area contributed by atoms with Crippen LogP contribution in [-0.2, 0) is 11.3 Å². The second-order valence-corrected chi connectivity index (χ2v) is 4.42. The average Bonchev–Trinajstić information content (AvgIpc) is 2.78. The summed E-state index contributed by atoms with van der Waals surface area (Å²) in [5.74, 6) is -0.684. The highest BCUT2D eigenvalue weighted by molar-refractivity contribution is 5.85. The van der Waals surface area contributed by atoms with Gasteiger partial charge in [-0.3, -0.25) is 0 Å². The summed E-state index contributed by atoms with van der Waals surface area (Å²) >= 11 is 0. The summed E-state index contributed by atoms with van der Waals surface area (Å²) in [4.78, 5) is 10.6. The first-order chi connectivity index (χ1) is 8.59. The van der Waals surface area contributed by atoms with Crippen LogP contribution in [0.2, 0.25) is 0 Å². The second-order valence-electron chi connectivity index (χ2n) is 4.42. The number of aromatic nitrogens is 1. The van der Waals surface area contributed by atoms with E-state index in [0.717, 1.165) is 0 Å². The number of aliphatic hydroxyl groups is 1. The van der Waals surface area contributed by atoms with Crippen LogP contribution in [0.1, 0.15) is 29.1 Å². The average molecular weight is 256 g/mol. The van der Waals surface area contributed by atoms with Crippen molar-refractivity contribution in [3.63, 3.8) is 0 Å². The van der Waals surface area contributed by atoms with E-state index < -0.39 is 11.6 Å². The molecule has 1 fully saturated rings. The van der Waals surface area contributed by atoms with Gasteiger partial charge in [0.05, 0.1) is 12.1 Å². The molecular weight excluding hydrogens is 240 g/mol. The topological polar surface area (TPSA) is 105 Å². The molecule has 0 unspecified atom stereocenters. The molecule has 18 heavy (non-hydrogen) atoms. The van der Waals surface area contributed by atoms with Crippen molar-refractivity contribution < 1.29 is 24.3 Å². The minimum Gasteiger partial charge on any atom is -0.476 e. The smallest absolute Gasteiger partial charge is 0.358 e. The van der Waals surface area contributed by atoms with Gasteiger partial charge in [-0.15, -0.1) is 0 Å². The molecule has 0 amide bonds. The highest BCUT2D eigenvalue weighted by atomic mass is 16.5. The normalized spacial score (nSPS) is 18.7. The zero-order valence-electron chi connectivity index (χ0n) is 9.89. The SMILES string of the molecule is O=C(O)c1cc(CNCC2(O)CCOCC2)on1. The molecule has 1 aromatic heterocycles. The summed E-state index contributed by atoms with van der Waals surface area (Å²) in [6.45, 7) is 1.87. The summed E-state index contributed by atoms with van der Waals surface area (Å²) in [5.41, 5.74) is -0.870. The molecule has 0 radical (unpaired) electrons. The Bertz CT molecular complexity index is 411. The Morgan fingerprint density at radius 1 is 1.50 bits per heavy atom. The fraction of sp³-hybridized carbons (Fsp3) is 0.636. The summed E-state index contributed by atoms with van der Waals surface area (Å²) in [6, 6.07) is 1.36. The molecule has 1 saturated heterocycles. The zero-order valence-corrected chi connectivity index (χ0v) is 9.89. The number of hydrogen-bond donors (Lipinski definition) is 3. The minimum atomic E-state index is -1.12. The van der Waals surface area contributed by atoms with Gasteiger partial charge in [-0.1, -0.05) is 5.16 Å². The largest absolute Gasteiger partial charge is 0.476 e. The molecule has 0 bridgehead atoms. The molecule has 0 saturated carbocycles. The number of hydrogen-bond acceptors (Lipinski definition) is 6. The Kier molecular flexibility index (Phi) is 3.95. The van der Waals surface area contributed by atoms with Crippen molar-refractivity contribution in [1.29, 1.82) is 0 Å². The number of nitrogens with zero attached hydrogens (tertiary/aromatic N) is 1. The fourth-order valence-electron chi connectivity index (χ4n) is 1.84. The summed E-state index contributed by atoms with van der Waals surface area (Å²) in [7, 11) is 0. The Morgan fingerprint density at radius 3 is 2.83 bits per heavy atom. The van der Waals surface area contributed by atoms with Crippen molar-refractivity contribution >= 4 is 5.97 Å². The van der Waals surface area contributed by atoms with Crippen LogP contribution in [0.3, 0.4) is 0 Å². The van der Waals surface area contributed by atoms with Crippen molar-refractivity contribution in [2.45, 2.75) is 25.0 Å². The van der Waals surface area contributed by atoms with Gasteiger partial charge in [0.15, 0.2) is 11.5 Å². The lowest BCUT2D eigenvalue weighted by Crippen LogP contribution is -2.44. The third-order valence-corrected chi connectivity index (χ3v) is 2.95. The first-order valence-electron chi connectivity index (χ1n) is 5.79. The Balaban J connectivity index is 1.78. The van der Waals surface area contributed by atoms with Crippen molar-refractivity contribution in [3.05, 3.63) is 17.5 Å². The van der Waals surface area contributed by atoms with E-state index in [1.165, 1.54) is 6.07 Å². The third kappa shape index (κ3) is 3.28. The number of nitrogens with one attached hydrogen (secondary N) is 1. The second kappa shape index (κ2) is 5.47. The van der Waals surface area contributed by atoms with Crippen LogP contribution in [0.4, 0.5) is 0 Å². The maximum Gasteiger partial charge on any atom is 0.358 e. The number of rotatable bonds is 5. The maximum absolute atomic E-state index is 10.6. The number of carboxylic acid groups (broad SMARTS) is 1. The number of carboxylic acids is 1. The minimum absolute atomic E-state index is 0.114. The Morgan fingerprint density at radius 2 is 2.22 bits per heavy atom. The highest BCUT2D eigenvalue weighted by Gasteiger charge is 2.29. The standard InChI is InChI=1S/C11H16N2O5/c14-10(15)9-5-8(18-13-9)6-12-7-11(16)1-3-17-4-2-11/h5,12,16H,1-4,6-7H2,(H,14,15). The lowest BCUT2D eigenvalue weighted by Gasteiger charge is -2.32. The van der Waals surface area contributed by atoms with Gasteiger partial charge in [0, 0.05) is 38.7 Å². The Hall–Kier alpha value is -1.44. The molecule has 3 N–H and O–H groups in total. The van der Waals surface area contributed by atoms with Gasteiger partial charge >= 0.3 is 5.97 Å². The summed E-state index contributed by atoms with van der Waals surface area (Å²) in [6.07, 6.45) is 1.19. The van der Waals surface area contributed by atoms with Crippen molar-refractivity contribution in [1.82, 2.24) is 10.5 Å². The van der Waals surface area contributed by atoms with Crippen LogP contribution in [0, 0.1) is 0 Å². The number of ether oxygens (including phenoxy) is 1. The molecule has 100 valence electrons. The van der Waals surface area contributed by atoms with E-state index in [1.807, 2.05) is 0 Å². The molecule has 0 aromatic carbocycles. The van der Waals surface area contributed by atoms with Gasteiger partial charge in [-0.25, -0.2) is 4.79 Å². The summed E-state index contributed by atoms with van der Waals surface area (Å²) < 4.78 is 10.0. The predicted octanol–water partition coefficient (Wildman–Crippen LogP) is 0.00390. The fourth-order valence-corrected chi connectivity index (χ4v) is 1.84. The van der Waals surface area contributed by atoms with E-state index in [9.17, 15) is 9.90 Å². The number of aromatic carboxylic acids is 1.